The van der Waals surface area contributed by atoms with E-state index in [9.17, 15) is 0 Å². The Labute approximate surface area is 299 Å². The molecule has 2 nitrogen and oxygen atoms in total. The van der Waals surface area contributed by atoms with Crippen LogP contribution in [0.2, 0.25) is 0 Å². The molecule has 2 atom stereocenters. The Balaban J connectivity index is 1.16. The van der Waals surface area contributed by atoms with Crippen LogP contribution in [0, 0.1) is 0 Å². The van der Waals surface area contributed by atoms with E-state index < -0.39 is 0 Å². The lowest BCUT2D eigenvalue weighted by atomic mass is 9.73. The first kappa shape index (κ1) is 29.5. The van der Waals surface area contributed by atoms with Crippen LogP contribution in [0.15, 0.2) is 188 Å². The first-order valence-corrected chi connectivity index (χ1v) is 17.8. The van der Waals surface area contributed by atoms with Crippen molar-refractivity contribution >= 4 is 28.4 Å². The molecule has 0 radical (unpaired) electrons. The summed E-state index contributed by atoms with van der Waals surface area (Å²) in [6, 6.07) is 66.3. The van der Waals surface area contributed by atoms with Gasteiger partial charge in [0, 0.05) is 33.4 Å². The van der Waals surface area contributed by atoms with Crippen molar-refractivity contribution < 1.29 is 0 Å². The van der Waals surface area contributed by atoms with E-state index >= 15 is 0 Å². The van der Waals surface area contributed by atoms with E-state index in [2.05, 4.69) is 211 Å². The van der Waals surface area contributed by atoms with Crippen LogP contribution < -0.4 is 4.90 Å². The molecule has 2 heteroatoms. The number of benzene rings is 7. The number of fused-ring (bicyclic) bond motifs is 7. The summed E-state index contributed by atoms with van der Waals surface area (Å²) in [5, 5.41) is 1.28. The van der Waals surface area contributed by atoms with Gasteiger partial charge in [0.05, 0.1) is 17.3 Å². The van der Waals surface area contributed by atoms with Crippen LogP contribution in [-0.2, 0) is 5.41 Å². The Morgan fingerprint density at radius 3 is 1.73 bits per heavy atom. The maximum atomic E-state index is 2.60. The lowest BCUT2D eigenvalue weighted by Crippen LogP contribution is -2.35. The van der Waals surface area contributed by atoms with Gasteiger partial charge in [-0.25, -0.2) is 0 Å². The van der Waals surface area contributed by atoms with Gasteiger partial charge >= 0.3 is 0 Å². The highest BCUT2D eigenvalue weighted by Gasteiger charge is 2.51. The van der Waals surface area contributed by atoms with Crippen molar-refractivity contribution in [2.75, 3.05) is 4.90 Å². The van der Waals surface area contributed by atoms with Gasteiger partial charge < -0.3 is 9.47 Å². The van der Waals surface area contributed by atoms with Crippen LogP contribution in [0.4, 0.5) is 11.4 Å². The predicted octanol–water partition coefficient (Wildman–Crippen LogP) is 12.8. The molecule has 0 saturated heterocycles. The van der Waals surface area contributed by atoms with Crippen molar-refractivity contribution in [2.45, 2.75) is 18.4 Å². The first-order valence-electron chi connectivity index (χ1n) is 17.8. The standard InChI is InChI=1S/C49H36N2/c1-49-31-30-43-42-22-8-10-24-45(42)50(40-20-12-19-39(32-40)37-28-26-36(27-29-37)34-14-4-2-5-15-34)47(43)48(49)51(46-25-11-9-23-44(46)49)41-21-13-18-38(33-41)35-16-6-3-7-17-35/h2-33,48H,1H3/t48?,49-/m0/s1. The Morgan fingerprint density at radius 1 is 0.471 bits per heavy atom. The lowest BCUT2D eigenvalue weighted by molar-refractivity contribution is 0.484. The van der Waals surface area contributed by atoms with Gasteiger partial charge in [-0.3, -0.25) is 0 Å². The molecule has 1 aliphatic heterocycles. The van der Waals surface area contributed by atoms with Gasteiger partial charge in [-0.15, -0.1) is 0 Å². The highest BCUT2D eigenvalue weighted by atomic mass is 15.2. The van der Waals surface area contributed by atoms with Crippen LogP contribution in [0.5, 0.6) is 0 Å². The normalized spacial score (nSPS) is 17.3. The average molecular weight is 653 g/mol. The molecule has 7 aromatic carbocycles. The van der Waals surface area contributed by atoms with E-state index in [4.69, 9.17) is 0 Å². The summed E-state index contributed by atoms with van der Waals surface area (Å²) in [5.41, 5.74) is 15.9. The Kier molecular flexibility index (Phi) is 6.72. The molecule has 0 saturated carbocycles. The molecule has 10 rings (SSSR count). The maximum Gasteiger partial charge on any atom is 0.0882 e. The maximum absolute atomic E-state index is 2.60. The monoisotopic (exact) mass is 652 g/mol. The van der Waals surface area contributed by atoms with Crippen molar-refractivity contribution in [1.29, 1.82) is 0 Å². The predicted molar refractivity (Wildman–Crippen MR) is 214 cm³/mol. The van der Waals surface area contributed by atoms with Gasteiger partial charge in [0.1, 0.15) is 0 Å². The average Bonchev–Trinajstić information content (AvgIpc) is 3.68. The van der Waals surface area contributed by atoms with Gasteiger partial charge in [-0.1, -0.05) is 158 Å². The Morgan fingerprint density at radius 2 is 1.00 bits per heavy atom. The molecule has 0 N–H and O–H groups in total. The number of anilines is 2. The minimum absolute atomic E-state index is 0.0298. The second-order valence-corrected chi connectivity index (χ2v) is 14.0. The van der Waals surface area contributed by atoms with Crippen molar-refractivity contribution in [3.05, 3.63) is 205 Å². The first-order chi connectivity index (χ1) is 25.2. The molecule has 0 amide bonds. The molecule has 2 aliphatic rings. The molecule has 2 heterocycles. The van der Waals surface area contributed by atoms with Gasteiger partial charge in [0.25, 0.3) is 0 Å². The lowest BCUT2D eigenvalue weighted by Gasteiger charge is -2.39. The van der Waals surface area contributed by atoms with Crippen LogP contribution in [0.25, 0.3) is 56.0 Å². The summed E-state index contributed by atoms with van der Waals surface area (Å²) >= 11 is 0. The van der Waals surface area contributed by atoms with Crippen LogP contribution >= 0.6 is 0 Å². The molecule has 51 heavy (non-hydrogen) atoms. The van der Waals surface area contributed by atoms with Crippen molar-refractivity contribution in [1.82, 2.24) is 4.57 Å². The fourth-order valence-corrected chi connectivity index (χ4v) is 8.61. The molecule has 242 valence electrons. The molecular weight excluding hydrogens is 617 g/mol. The minimum Gasteiger partial charge on any atom is -0.331 e. The molecule has 8 aromatic rings. The fraction of sp³-hybridized carbons (Fsp3) is 0.0612. The third kappa shape index (κ3) is 4.64. The zero-order valence-corrected chi connectivity index (χ0v) is 28.4. The van der Waals surface area contributed by atoms with E-state index in [1.54, 1.807) is 0 Å². The van der Waals surface area contributed by atoms with E-state index in [0.717, 1.165) is 0 Å². The number of nitrogens with zero attached hydrogens (tertiary/aromatic N) is 2. The minimum atomic E-state index is -0.247. The van der Waals surface area contributed by atoms with Crippen LogP contribution in [-0.4, -0.2) is 4.57 Å². The molecule has 1 unspecified atom stereocenters. The third-order valence-corrected chi connectivity index (χ3v) is 11.0. The van der Waals surface area contributed by atoms with E-state index in [0.29, 0.717) is 0 Å². The summed E-state index contributed by atoms with van der Waals surface area (Å²) in [4.78, 5) is 2.60. The second-order valence-electron chi connectivity index (χ2n) is 14.0. The van der Waals surface area contributed by atoms with Crippen LogP contribution in [0.3, 0.4) is 0 Å². The quantitative estimate of drug-likeness (QED) is 0.180. The van der Waals surface area contributed by atoms with Gasteiger partial charge in [0.15, 0.2) is 0 Å². The number of hydrogen-bond donors (Lipinski definition) is 0. The summed E-state index contributed by atoms with van der Waals surface area (Å²) in [6.45, 7) is 2.42. The zero-order chi connectivity index (χ0) is 33.9. The third-order valence-electron chi connectivity index (χ3n) is 11.0. The number of rotatable bonds is 5. The fourth-order valence-electron chi connectivity index (χ4n) is 8.61. The van der Waals surface area contributed by atoms with Crippen LogP contribution in [0.1, 0.15) is 29.8 Å². The van der Waals surface area contributed by atoms with E-state index in [1.165, 1.54) is 78.2 Å². The number of aromatic nitrogens is 1. The molecule has 1 aromatic heterocycles. The summed E-state index contributed by atoms with van der Waals surface area (Å²) < 4.78 is 2.54. The van der Waals surface area contributed by atoms with E-state index in [-0.39, 0.29) is 11.5 Å². The summed E-state index contributed by atoms with van der Waals surface area (Å²) in [7, 11) is 0. The molecule has 0 fully saturated rings. The number of para-hydroxylation sites is 2. The molecule has 1 aliphatic carbocycles. The summed E-state index contributed by atoms with van der Waals surface area (Å²) in [6.07, 6.45) is 4.85. The largest absolute Gasteiger partial charge is 0.331 e. The summed E-state index contributed by atoms with van der Waals surface area (Å²) in [5.74, 6) is 0. The van der Waals surface area contributed by atoms with Gasteiger partial charge in [-0.2, -0.15) is 0 Å². The topological polar surface area (TPSA) is 8.17 Å². The van der Waals surface area contributed by atoms with Gasteiger partial charge in [0.2, 0.25) is 0 Å². The van der Waals surface area contributed by atoms with Crippen molar-refractivity contribution in [3.8, 4) is 39.1 Å². The van der Waals surface area contributed by atoms with Gasteiger partial charge in [-0.05, 0) is 82.3 Å². The highest BCUT2D eigenvalue weighted by molar-refractivity contribution is 5.96. The molecule has 0 bridgehead atoms. The second kappa shape index (κ2) is 11.6. The smallest absolute Gasteiger partial charge is 0.0882 e. The van der Waals surface area contributed by atoms with E-state index in [1.807, 2.05) is 0 Å². The zero-order valence-electron chi connectivity index (χ0n) is 28.4. The Bertz CT molecular complexity index is 2590. The Hall–Kier alpha value is -6.38. The molecule has 0 spiro atoms. The SMILES string of the molecule is C[C@@]12C=Cc3c(n(-c4cccc(-c5ccc(-c6ccccc6)cc5)c4)c4ccccc34)C1N(c1cccc(-c3ccccc3)c1)c1ccccc12. The van der Waals surface area contributed by atoms with Crippen molar-refractivity contribution in [3.63, 3.8) is 0 Å². The highest BCUT2D eigenvalue weighted by Crippen LogP contribution is 2.60. The van der Waals surface area contributed by atoms with Crippen molar-refractivity contribution in [2.24, 2.45) is 0 Å². The molecular formula is C49H36N2. The number of hydrogen-bond acceptors (Lipinski definition) is 1.